The molecule has 0 radical (unpaired) electrons. The first-order chi connectivity index (χ1) is 17.6. The normalized spacial score (nSPS) is 11.8. The highest BCUT2D eigenvalue weighted by Gasteiger charge is 2.23. The van der Waals surface area contributed by atoms with Crippen molar-refractivity contribution in [2.24, 2.45) is 0 Å². The van der Waals surface area contributed by atoms with Gasteiger partial charge < -0.3 is 28.7 Å². The summed E-state index contributed by atoms with van der Waals surface area (Å²) in [5, 5.41) is 1.99. The maximum absolute atomic E-state index is 13.5. The molecular weight excluding hydrogens is 480 g/mol. The van der Waals surface area contributed by atoms with Crippen LogP contribution in [-0.2, 0) is 33.8 Å². The van der Waals surface area contributed by atoms with Crippen LogP contribution in [0.25, 0.3) is 0 Å². The number of carbonyl (C=O) groups is 2. The molecule has 0 fully saturated rings. The van der Waals surface area contributed by atoms with E-state index in [0.717, 1.165) is 21.8 Å². The number of ether oxygens (including phenoxy) is 4. The fourth-order valence-corrected chi connectivity index (χ4v) is 4.59. The Kier molecular flexibility index (Phi) is 8.80. The predicted molar refractivity (Wildman–Crippen MR) is 136 cm³/mol. The molecule has 1 aliphatic heterocycles. The number of carbonyl (C=O) groups excluding carboxylic acids is 2. The molecule has 0 saturated carbocycles. The summed E-state index contributed by atoms with van der Waals surface area (Å²) in [5.41, 5.74) is 1.78. The number of benzene rings is 2. The molecular formula is C27H30N2O6S. The van der Waals surface area contributed by atoms with Crippen LogP contribution >= 0.6 is 11.3 Å². The number of amides is 2. The standard InChI is InChI=1S/C27H30N2O6S/c1-32-12-11-28(26(30)15-20-5-8-22(33-2)9-6-20)18-27(31)29(17-23-4-3-13-36-23)16-21-7-10-24-25(14-21)35-19-34-24/h3-10,13-14H,11-12,15-19H2,1-2H3. The average molecular weight is 511 g/mol. The molecule has 1 aromatic heterocycles. The fraction of sp³-hybridized carbons (Fsp3) is 0.333. The van der Waals surface area contributed by atoms with Gasteiger partial charge in [0.15, 0.2) is 11.5 Å². The maximum Gasteiger partial charge on any atom is 0.242 e. The van der Waals surface area contributed by atoms with Crippen LogP contribution in [0, 0.1) is 0 Å². The monoisotopic (exact) mass is 510 g/mol. The van der Waals surface area contributed by atoms with Gasteiger partial charge in [0.05, 0.1) is 33.2 Å². The third-order valence-corrected chi connectivity index (χ3v) is 6.71. The van der Waals surface area contributed by atoms with E-state index in [9.17, 15) is 9.59 Å². The zero-order valence-electron chi connectivity index (χ0n) is 20.5. The Labute approximate surface area is 214 Å². The van der Waals surface area contributed by atoms with E-state index in [1.807, 2.05) is 60.0 Å². The largest absolute Gasteiger partial charge is 0.497 e. The van der Waals surface area contributed by atoms with Crippen LogP contribution in [0.3, 0.4) is 0 Å². The smallest absolute Gasteiger partial charge is 0.242 e. The molecule has 0 atom stereocenters. The molecule has 4 rings (SSSR count). The molecule has 2 amide bonds. The third-order valence-electron chi connectivity index (χ3n) is 5.85. The van der Waals surface area contributed by atoms with E-state index < -0.39 is 0 Å². The maximum atomic E-state index is 13.5. The number of fused-ring (bicyclic) bond motifs is 1. The first-order valence-corrected chi connectivity index (χ1v) is 12.5. The van der Waals surface area contributed by atoms with Crippen molar-refractivity contribution >= 4 is 23.2 Å². The summed E-state index contributed by atoms with van der Waals surface area (Å²) < 4.78 is 21.3. The summed E-state index contributed by atoms with van der Waals surface area (Å²) >= 11 is 1.59. The molecule has 190 valence electrons. The Morgan fingerprint density at radius 2 is 1.69 bits per heavy atom. The molecule has 0 saturated heterocycles. The quantitative estimate of drug-likeness (QED) is 0.370. The molecule has 0 unspecified atom stereocenters. The summed E-state index contributed by atoms with van der Waals surface area (Å²) in [5.74, 6) is 1.83. The van der Waals surface area contributed by atoms with Crippen LogP contribution in [0.5, 0.6) is 17.2 Å². The molecule has 0 bridgehead atoms. The molecule has 0 N–H and O–H groups in total. The van der Waals surface area contributed by atoms with Gasteiger partial charge in [-0.15, -0.1) is 11.3 Å². The highest BCUT2D eigenvalue weighted by Crippen LogP contribution is 2.33. The van der Waals surface area contributed by atoms with Crippen molar-refractivity contribution in [1.29, 1.82) is 0 Å². The lowest BCUT2D eigenvalue weighted by Crippen LogP contribution is -2.44. The third kappa shape index (κ3) is 6.77. The highest BCUT2D eigenvalue weighted by molar-refractivity contribution is 7.09. The number of nitrogens with zero attached hydrogens (tertiary/aromatic N) is 2. The molecule has 0 spiro atoms. The Balaban J connectivity index is 1.48. The van der Waals surface area contributed by atoms with Crippen LogP contribution in [0.2, 0.25) is 0 Å². The van der Waals surface area contributed by atoms with Gasteiger partial charge in [-0.25, -0.2) is 0 Å². The molecule has 3 aromatic rings. The molecule has 1 aliphatic rings. The van der Waals surface area contributed by atoms with Gasteiger partial charge >= 0.3 is 0 Å². The van der Waals surface area contributed by atoms with Gasteiger partial charge in [0.1, 0.15) is 5.75 Å². The second-order valence-electron chi connectivity index (χ2n) is 8.35. The summed E-state index contributed by atoms with van der Waals surface area (Å²) in [6, 6.07) is 17.0. The Hall–Kier alpha value is -3.56. The Bertz CT molecular complexity index is 1150. The zero-order valence-corrected chi connectivity index (χ0v) is 21.3. The van der Waals surface area contributed by atoms with Crippen molar-refractivity contribution in [2.45, 2.75) is 19.5 Å². The second-order valence-corrected chi connectivity index (χ2v) is 9.38. The molecule has 2 aromatic carbocycles. The predicted octanol–water partition coefficient (Wildman–Crippen LogP) is 3.73. The van der Waals surface area contributed by atoms with E-state index in [1.165, 1.54) is 0 Å². The van der Waals surface area contributed by atoms with Crippen LogP contribution in [0.1, 0.15) is 16.0 Å². The first kappa shape index (κ1) is 25.5. The van der Waals surface area contributed by atoms with Crippen LogP contribution in [0.4, 0.5) is 0 Å². The fourth-order valence-electron chi connectivity index (χ4n) is 3.87. The summed E-state index contributed by atoms with van der Waals surface area (Å²) in [7, 11) is 3.18. The highest BCUT2D eigenvalue weighted by atomic mass is 32.1. The van der Waals surface area contributed by atoms with Crippen molar-refractivity contribution in [3.05, 3.63) is 76.0 Å². The van der Waals surface area contributed by atoms with Crippen LogP contribution in [-0.4, -0.2) is 62.3 Å². The molecule has 8 nitrogen and oxygen atoms in total. The zero-order chi connectivity index (χ0) is 25.3. The lowest BCUT2D eigenvalue weighted by atomic mass is 10.1. The summed E-state index contributed by atoms with van der Waals surface area (Å²) in [6.45, 7) is 1.67. The SMILES string of the molecule is COCCN(CC(=O)N(Cc1ccc2c(c1)OCO2)Cc1cccs1)C(=O)Cc1ccc(OC)cc1. The number of hydrogen-bond donors (Lipinski definition) is 0. The number of methoxy groups -OCH3 is 2. The van der Waals surface area contributed by atoms with Crippen molar-refractivity contribution in [2.75, 3.05) is 40.7 Å². The molecule has 0 aliphatic carbocycles. The van der Waals surface area contributed by atoms with Gasteiger partial charge in [-0.3, -0.25) is 9.59 Å². The minimum atomic E-state index is -0.139. The van der Waals surface area contributed by atoms with E-state index in [-0.39, 0.29) is 31.6 Å². The van der Waals surface area contributed by atoms with Crippen molar-refractivity contribution in [1.82, 2.24) is 9.80 Å². The van der Waals surface area contributed by atoms with Crippen molar-refractivity contribution < 1.29 is 28.5 Å². The summed E-state index contributed by atoms with van der Waals surface area (Å²) in [6.07, 6.45) is 0.189. The van der Waals surface area contributed by atoms with Crippen molar-refractivity contribution in [3.8, 4) is 17.2 Å². The van der Waals surface area contributed by atoms with Crippen LogP contribution < -0.4 is 14.2 Å². The van der Waals surface area contributed by atoms with E-state index >= 15 is 0 Å². The second kappa shape index (κ2) is 12.4. The van der Waals surface area contributed by atoms with Gasteiger partial charge in [-0.05, 0) is 46.8 Å². The number of thiophene rings is 1. The van der Waals surface area contributed by atoms with E-state index in [2.05, 4.69) is 0 Å². The van der Waals surface area contributed by atoms with E-state index in [1.54, 1.807) is 35.4 Å². The summed E-state index contributed by atoms with van der Waals surface area (Å²) in [4.78, 5) is 31.1. The molecule has 2 heterocycles. The van der Waals surface area contributed by atoms with Gasteiger partial charge in [0, 0.05) is 25.1 Å². The lowest BCUT2D eigenvalue weighted by molar-refractivity contribution is -0.141. The number of hydrogen-bond acceptors (Lipinski definition) is 7. The first-order valence-electron chi connectivity index (χ1n) is 11.6. The topological polar surface area (TPSA) is 77.5 Å². The molecule has 36 heavy (non-hydrogen) atoms. The van der Waals surface area contributed by atoms with E-state index in [0.29, 0.717) is 37.7 Å². The Morgan fingerprint density at radius 1 is 0.917 bits per heavy atom. The lowest BCUT2D eigenvalue weighted by Gasteiger charge is -2.28. The van der Waals surface area contributed by atoms with E-state index in [4.69, 9.17) is 18.9 Å². The molecule has 9 heteroatoms. The number of rotatable bonds is 12. The van der Waals surface area contributed by atoms with Crippen molar-refractivity contribution in [3.63, 3.8) is 0 Å². The van der Waals surface area contributed by atoms with Crippen LogP contribution in [0.15, 0.2) is 60.0 Å². The van der Waals surface area contributed by atoms with Gasteiger partial charge in [0.2, 0.25) is 18.6 Å². The van der Waals surface area contributed by atoms with Gasteiger partial charge in [-0.2, -0.15) is 0 Å². The minimum absolute atomic E-state index is 0.0335. The Morgan fingerprint density at radius 3 is 2.42 bits per heavy atom. The minimum Gasteiger partial charge on any atom is -0.497 e. The van der Waals surface area contributed by atoms with Gasteiger partial charge in [-0.1, -0.05) is 24.3 Å². The average Bonchev–Trinajstić information content (AvgIpc) is 3.58. The van der Waals surface area contributed by atoms with Gasteiger partial charge in [0.25, 0.3) is 0 Å².